The standard InChI is InChI=1S/C14H16BrN3O/c1-9-8-16-12(7-10(9)15)11-3-4-14(17-11)5-6-18(2)13(14)19/h7-8H,3-6H2,1-2H3/t14-/m0/s1. The third kappa shape index (κ3) is 2.00. The van der Waals surface area contributed by atoms with Gasteiger partial charge in [-0.1, -0.05) is 15.9 Å². The van der Waals surface area contributed by atoms with Gasteiger partial charge in [0.2, 0.25) is 5.91 Å². The highest BCUT2D eigenvalue weighted by atomic mass is 79.9. The van der Waals surface area contributed by atoms with E-state index in [0.29, 0.717) is 0 Å². The summed E-state index contributed by atoms with van der Waals surface area (Å²) in [6, 6.07) is 2.00. The first-order chi connectivity index (χ1) is 9.02. The van der Waals surface area contributed by atoms with Gasteiger partial charge in [0, 0.05) is 24.3 Å². The summed E-state index contributed by atoms with van der Waals surface area (Å²) in [5, 5.41) is 0. The highest BCUT2D eigenvalue weighted by molar-refractivity contribution is 9.10. The molecule has 19 heavy (non-hydrogen) atoms. The number of nitrogens with zero attached hydrogens (tertiary/aromatic N) is 3. The van der Waals surface area contributed by atoms with Gasteiger partial charge in [-0.15, -0.1) is 0 Å². The molecule has 1 aromatic heterocycles. The summed E-state index contributed by atoms with van der Waals surface area (Å²) >= 11 is 3.52. The molecule has 0 saturated carbocycles. The lowest BCUT2D eigenvalue weighted by Crippen LogP contribution is -2.35. The average Bonchev–Trinajstić information content (AvgIpc) is 2.94. The van der Waals surface area contributed by atoms with Crippen LogP contribution >= 0.6 is 15.9 Å². The van der Waals surface area contributed by atoms with Crippen molar-refractivity contribution in [1.29, 1.82) is 0 Å². The predicted molar refractivity (Wildman–Crippen MR) is 77.4 cm³/mol. The molecule has 1 spiro atoms. The molecule has 2 aliphatic rings. The van der Waals surface area contributed by atoms with Gasteiger partial charge in [0.05, 0.1) is 11.4 Å². The number of rotatable bonds is 1. The lowest BCUT2D eigenvalue weighted by Gasteiger charge is -2.16. The van der Waals surface area contributed by atoms with Crippen LogP contribution in [0.1, 0.15) is 30.5 Å². The fourth-order valence-corrected chi connectivity index (χ4v) is 3.11. The molecule has 0 N–H and O–H groups in total. The molecule has 4 nitrogen and oxygen atoms in total. The first kappa shape index (κ1) is 12.8. The quantitative estimate of drug-likeness (QED) is 0.797. The Kier molecular flexibility index (Phi) is 2.96. The number of carbonyl (C=O) groups excluding carboxylic acids is 1. The van der Waals surface area contributed by atoms with Crippen LogP contribution in [0.2, 0.25) is 0 Å². The average molecular weight is 322 g/mol. The third-order valence-electron chi connectivity index (χ3n) is 4.06. The normalized spacial score (nSPS) is 26.4. The molecule has 100 valence electrons. The number of hydrogen-bond acceptors (Lipinski definition) is 3. The molecule has 1 saturated heterocycles. The molecular weight excluding hydrogens is 306 g/mol. The zero-order valence-electron chi connectivity index (χ0n) is 11.1. The Bertz CT molecular complexity index is 584. The van der Waals surface area contributed by atoms with Gasteiger partial charge >= 0.3 is 0 Å². The Morgan fingerprint density at radius 2 is 2.21 bits per heavy atom. The minimum absolute atomic E-state index is 0.161. The van der Waals surface area contributed by atoms with Crippen LogP contribution in [0.3, 0.4) is 0 Å². The van der Waals surface area contributed by atoms with Crippen LogP contribution in [0.15, 0.2) is 21.7 Å². The van der Waals surface area contributed by atoms with E-state index in [1.54, 1.807) is 4.90 Å². The number of aliphatic imine (C=N–C) groups is 1. The molecule has 1 atom stereocenters. The number of likely N-dealkylation sites (tertiary alicyclic amines) is 1. The molecule has 3 rings (SSSR count). The maximum Gasteiger partial charge on any atom is 0.250 e. The fraction of sp³-hybridized carbons (Fsp3) is 0.500. The van der Waals surface area contributed by atoms with E-state index in [9.17, 15) is 4.79 Å². The number of aryl methyl sites for hydroxylation is 1. The molecule has 0 bridgehead atoms. The van der Waals surface area contributed by atoms with Crippen molar-refractivity contribution >= 4 is 27.5 Å². The van der Waals surface area contributed by atoms with Crippen molar-refractivity contribution < 1.29 is 4.79 Å². The maximum atomic E-state index is 12.2. The molecular formula is C14H16BrN3O. The van der Waals surface area contributed by atoms with Gasteiger partial charge in [-0.05, 0) is 37.8 Å². The minimum Gasteiger partial charge on any atom is -0.344 e. The van der Waals surface area contributed by atoms with Crippen LogP contribution in [0.5, 0.6) is 0 Å². The van der Waals surface area contributed by atoms with Crippen LogP contribution in [0.4, 0.5) is 0 Å². The van der Waals surface area contributed by atoms with E-state index in [4.69, 9.17) is 4.99 Å². The number of halogens is 1. The molecule has 0 aliphatic carbocycles. The number of likely N-dealkylation sites (N-methyl/N-ethyl adjacent to an activating group) is 1. The van der Waals surface area contributed by atoms with Crippen molar-refractivity contribution in [1.82, 2.24) is 9.88 Å². The summed E-state index contributed by atoms with van der Waals surface area (Å²) in [4.78, 5) is 23.2. The number of aromatic nitrogens is 1. The first-order valence-electron chi connectivity index (χ1n) is 6.49. The Morgan fingerprint density at radius 3 is 2.84 bits per heavy atom. The van der Waals surface area contributed by atoms with Crippen molar-refractivity contribution in [2.75, 3.05) is 13.6 Å². The van der Waals surface area contributed by atoms with E-state index in [2.05, 4.69) is 20.9 Å². The van der Waals surface area contributed by atoms with Crippen LogP contribution in [0.25, 0.3) is 0 Å². The predicted octanol–water partition coefficient (Wildman–Crippen LogP) is 2.34. The van der Waals surface area contributed by atoms with E-state index < -0.39 is 5.54 Å². The second-order valence-corrected chi connectivity index (χ2v) is 6.24. The highest BCUT2D eigenvalue weighted by Crippen LogP contribution is 2.37. The van der Waals surface area contributed by atoms with Gasteiger partial charge in [0.25, 0.3) is 0 Å². The lowest BCUT2D eigenvalue weighted by molar-refractivity contribution is -0.130. The van der Waals surface area contributed by atoms with Crippen LogP contribution < -0.4 is 0 Å². The van der Waals surface area contributed by atoms with Gasteiger partial charge in [-0.3, -0.25) is 14.8 Å². The van der Waals surface area contributed by atoms with Crippen molar-refractivity contribution in [2.45, 2.75) is 31.7 Å². The molecule has 0 unspecified atom stereocenters. The summed E-state index contributed by atoms with van der Waals surface area (Å²) in [6.45, 7) is 2.81. The summed E-state index contributed by atoms with van der Waals surface area (Å²) in [7, 11) is 1.85. The summed E-state index contributed by atoms with van der Waals surface area (Å²) < 4.78 is 1.04. The van der Waals surface area contributed by atoms with Crippen molar-refractivity contribution in [3.8, 4) is 0 Å². The molecule has 1 amide bonds. The largest absolute Gasteiger partial charge is 0.344 e. The highest BCUT2D eigenvalue weighted by Gasteiger charge is 2.48. The van der Waals surface area contributed by atoms with Gasteiger partial charge in [-0.2, -0.15) is 0 Å². The van der Waals surface area contributed by atoms with Crippen LogP contribution in [-0.2, 0) is 4.79 Å². The number of pyridine rings is 1. The minimum atomic E-state index is -0.497. The smallest absolute Gasteiger partial charge is 0.250 e. The monoisotopic (exact) mass is 321 g/mol. The van der Waals surface area contributed by atoms with E-state index in [-0.39, 0.29) is 5.91 Å². The fourth-order valence-electron chi connectivity index (χ4n) is 2.79. The molecule has 1 aromatic rings. The summed E-state index contributed by atoms with van der Waals surface area (Å²) in [5.74, 6) is 0.161. The number of amides is 1. The Labute approximate surface area is 121 Å². The van der Waals surface area contributed by atoms with Gasteiger partial charge in [0.15, 0.2) is 0 Å². The Hall–Kier alpha value is -1.23. The van der Waals surface area contributed by atoms with E-state index in [0.717, 1.165) is 47.2 Å². The zero-order chi connectivity index (χ0) is 13.6. The van der Waals surface area contributed by atoms with E-state index in [1.165, 1.54) is 0 Å². The molecule has 2 aliphatic heterocycles. The summed E-state index contributed by atoms with van der Waals surface area (Å²) in [6.07, 6.45) is 4.33. The molecule has 1 fully saturated rings. The SMILES string of the molecule is Cc1cnc(C2=N[C@@]3(CC2)CCN(C)C3=O)cc1Br. The molecule has 0 aromatic carbocycles. The molecule has 3 heterocycles. The third-order valence-corrected chi connectivity index (χ3v) is 4.92. The topological polar surface area (TPSA) is 45.6 Å². The van der Waals surface area contributed by atoms with E-state index >= 15 is 0 Å². The Morgan fingerprint density at radius 1 is 1.42 bits per heavy atom. The molecule has 0 radical (unpaired) electrons. The number of carbonyl (C=O) groups is 1. The molecule has 5 heteroatoms. The zero-order valence-corrected chi connectivity index (χ0v) is 12.7. The van der Waals surface area contributed by atoms with Crippen molar-refractivity contribution in [2.24, 2.45) is 4.99 Å². The second-order valence-electron chi connectivity index (χ2n) is 5.39. The van der Waals surface area contributed by atoms with Crippen molar-refractivity contribution in [3.63, 3.8) is 0 Å². The van der Waals surface area contributed by atoms with Crippen LogP contribution in [0, 0.1) is 6.92 Å². The van der Waals surface area contributed by atoms with Gasteiger partial charge < -0.3 is 4.90 Å². The maximum absolute atomic E-state index is 12.2. The van der Waals surface area contributed by atoms with Crippen molar-refractivity contribution in [3.05, 3.63) is 28.0 Å². The van der Waals surface area contributed by atoms with Gasteiger partial charge in [0.1, 0.15) is 5.54 Å². The Balaban J connectivity index is 1.95. The second kappa shape index (κ2) is 4.40. The van der Waals surface area contributed by atoms with E-state index in [1.807, 2.05) is 26.2 Å². The van der Waals surface area contributed by atoms with Crippen LogP contribution in [-0.4, -0.2) is 40.6 Å². The summed E-state index contributed by atoms with van der Waals surface area (Å²) in [5.41, 5.74) is 2.46. The lowest BCUT2D eigenvalue weighted by atomic mass is 9.95. The number of hydrogen-bond donors (Lipinski definition) is 0. The van der Waals surface area contributed by atoms with Gasteiger partial charge in [-0.25, -0.2) is 0 Å². The first-order valence-corrected chi connectivity index (χ1v) is 7.28.